The monoisotopic (exact) mass is 545 g/mol. The van der Waals surface area contributed by atoms with Crippen molar-refractivity contribution in [2.24, 2.45) is 0 Å². The number of carboxylic acids is 1. The Morgan fingerprint density at radius 1 is 1.10 bits per heavy atom. The van der Waals surface area contributed by atoms with Crippen LogP contribution in [0.5, 0.6) is 11.5 Å². The smallest absolute Gasteiger partial charge is 0.335 e. The molecule has 0 saturated heterocycles. The lowest BCUT2D eigenvalue weighted by molar-refractivity contribution is 0.0695. The van der Waals surface area contributed by atoms with Crippen LogP contribution < -0.4 is 20.1 Å². The zero-order valence-corrected chi connectivity index (χ0v) is 21.4. The average Bonchev–Trinajstić information content (AvgIpc) is 3.54. The number of ether oxygens (including phenoxy) is 2. The zero-order valence-electron chi connectivity index (χ0n) is 21.4. The number of carbonyl (C=O) groups excluding carboxylic acids is 2. The van der Waals surface area contributed by atoms with Gasteiger partial charge in [-0.05, 0) is 60.2 Å². The minimum absolute atomic E-state index is 0.0642. The van der Waals surface area contributed by atoms with Crippen LogP contribution in [0.4, 0.5) is 4.39 Å². The molecule has 1 atom stereocenters. The van der Waals surface area contributed by atoms with Gasteiger partial charge in [0.1, 0.15) is 24.6 Å². The molecule has 1 aliphatic carbocycles. The van der Waals surface area contributed by atoms with Crippen molar-refractivity contribution < 1.29 is 33.4 Å². The molecular formula is C28H24FN5O6. The number of nitrogens with one attached hydrogen (secondary N) is 2. The fourth-order valence-electron chi connectivity index (χ4n) is 5.18. The van der Waals surface area contributed by atoms with Crippen molar-refractivity contribution >= 4 is 23.4 Å². The molecule has 3 heterocycles. The predicted molar refractivity (Wildman–Crippen MR) is 138 cm³/mol. The lowest BCUT2D eigenvalue weighted by Crippen LogP contribution is -2.30. The van der Waals surface area contributed by atoms with Crippen molar-refractivity contribution in [1.82, 2.24) is 25.2 Å². The van der Waals surface area contributed by atoms with Crippen molar-refractivity contribution in [3.63, 3.8) is 0 Å². The maximum atomic E-state index is 14.5. The number of aromatic nitrogens is 3. The van der Waals surface area contributed by atoms with E-state index in [0.29, 0.717) is 43.1 Å². The van der Waals surface area contributed by atoms with Gasteiger partial charge in [-0.15, -0.1) is 0 Å². The van der Waals surface area contributed by atoms with Crippen LogP contribution in [0.2, 0.25) is 0 Å². The van der Waals surface area contributed by atoms with E-state index >= 15 is 0 Å². The highest BCUT2D eigenvalue weighted by atomic mass is 19.1. The van der Waals surface area contributed by atoms with Crippen LogP contribution in [0, 0.1) is 12.7 Å². The number of nitrogens with zero attached hydrogens (tertiary/aromatic N) is 3. The summed E-state index contributed by atoms with van der Waals surface area (Å²) in [5, 5.41) is 19.0. The molecule has 2 aliphatic rings. The first-order valence-corrected chi connectivity index (χ1v) is 12.7. The maximum absolute atomic E-state index is 14.5. The third-order valence-corrected chi connectivity index (χ3v) is 7.18. The van der Waals surface area contributed by atoms with Gasteiger partial charge in [-0.25, -0.2) is 18.7 Å². The van der Waals surface area contributed by atoms with Crippen LogP contribution in [-0.4, -0.2) is 50.7 Å². The van der Waals surface area contributed by atoms with Crippen molar-refractivity contribution in [1.29, 1.82) is 0 Å². The zero-order chi connectivity index (χ0) is 28.0. The predicted octanol–water partition coefficient (Wildman–Crippen LogP) is 2.99. The molecule has 3 N–H and O–H groups in total. The molecule has 204 valence electrons. The second-order valence-electron chi connectivity index (χ2n) is 9.59. The van der Waals surface area contributed by atoms with E-state index in [4.69, 9.17) is 9.47 Å². The second-order valence-corrected chi connectivity index (χ2v) is 9.59. The molecule has 0 unspecified atom stereocenters. The number of aromatic carboxylic acids is 1. The van der Waals surface area contributed by atoms with E-state index in [1.807, 2.05) is 0 Å². The maximum Gasteiger partial charge on any atom is 0.335 e. The number of carboxylic acid groups (broad SMARTS) is 1. The summed E-state index contributed by atoms with van der Waals surface area (Å²) in [5.41, 5.74) is 2.88. The van der Waals surface area contributed by atoms with Gasteiger partial charge in [-0.3, -0.25) is 9.59 Å². The number of halogens is 1. The number of hydrogen-bond donors (Lipinski definition) is 3. The minimum atomic E-state index is -1.01. The van der Waals surface area contributed by atoms with E-state index < -0.39 is 23.6 Å². The lowest BCUT2D eigenvalue weighted by atomic mass is 9.98. The molecule has 0 bridgehead atoms. The molecule has 0 fully saturated rings. The molecule has 11 nitrogen and oxygen atoms in total. The van der Waals surface area contributed by atoms with Gasteiger partial charge in [-0.2, -0.15) is 5.10 Å². The highest BCUT2D eigenvalue weighted by Gasteiger charge is 2.29. The molecule has 4 aromatic rings. The summed E-state index contributed by atoms with van der Waals surface area (Å²) in [6, 6.07) is 9.43. The van der Waals surface area contributed by atoms with E-state index in [2.05, 4.69) is 20.7 Å². The van der Waals surface area contributed by atoms with Crippen LogP contribution in [0.3, 0.4) is 0 Å². The van der Waals surface area contributed by atoms with Crippen molar-refractivity contribution in [3.8, 4) is 11.5 Å². The number of rotatable bonds is 6. The number of benzene rings is 2. The van der Waals surface area contributed by atoms with Crippen LogP contribution in [0.15, 0.2) is 42.6 Å². The molecule has 0 spiro atoms. The molecule has 40 heavy (non-hydrogen) atoms. The molecular weight excluding hydrogens is 521 g/mol. The first-order chi connectivity index (χ1) is 19.3. The fraction of sp³-hybridized carbons (Fsp3) is 0.250. The summed E-state index contributed by atoms with van der Waals surface area (Å²) in [5.74, 6) is -1.75. The molecule has 2 aromatic heterocycles. The minimum Gasteiger partial charge on any atom is -0.486 e. The number of fused-ring (bicyclic) bond motifs is 3. The first kappa shape index (κ1) is 25.3. The van der Waals surface area contributed by atoms with Gasteiger partial charge in [-0.1, -0.05) is 12.1 Å². The van der Waals surface area contributed by atoms with E-state index in [9.17, 15) is 23.9 Å². The Morgan fingerprint density at radius 3 is 2.70 bits per heavy atom. The summed E-state index contributed by atoms with van der Waals surface area (Å²) < 4.78 is 26.7. The van der Waals surface area contributed by atoms with Crippen LogP contribution in [0.1, 0.15) is 66.1 Å². The summed E-state index contributed by atoms with van der Waals surface area (Å²) in [6.45, 7) is 2.80. The van der Waals surface area contributed by atoms with Crippen LogP contribution in [0.25, 0.3) is 5.65 Å². The third kappa shape index (κ3) is 4.46. The van der Waals surface area contributed by atoms with Gasteiger partial charge < -0.3 is 25.2 Å². The Bertz CT molecular complexity index is 1700. The first-order valence-electron chi connectivity index (χ1n) is 12.7. The fourth-order valence-corrected chi connectivity index (χ4v) is 5.18. The normalized spacial score (nSPS) is 15.5. The van der Waals surface area contributed by atoms with Gasteiger partial charge >= 0.3 is 5.97 Å². The summed E-state index contributed by atoms with van der Waals surface area (Å²) in [4.78, 5) is 42.0. The van der Waals surface area contributed by atoms with Crippen LogP contribution >= 0.6 is 0 Å². The number of amides is 2. The Balaban J connectivity index is 1.24. The molecule has 12 heteroatoms. The topological polar surface area (TPSA) is 144 Å². The van der Waals surface area contributed by atoms with Gasteiger partial charge in [0.25, 0.3) is 11.8 Å². The Labute approximate surface area is 226 Å². The summed E-state index contributed by atoms with van der Waals surface area (Å²) in [7, 11) is 0. The molecule has 0 radical (unpaired) electrons. The molecule has 2 aromatic carbocycles. The van der Waals surface area contributed by atoms with Crippen molar-refractivity contribution in [2.45, 2.75) is 32.4 Å². The van der Waals surface area contributed by atoms with Crippen molar-refractivity contribution in [3.05, 3.63) is 87.6 Å². The molecule has 2 amide bonds. The van der Waals surface area contributed by atoms with Gasteiger partial charge in [0.2, 0.25) is 0 Å². The standard InChI is InChI=1S/C28H24FN5O6/c1-14-16-5-6-20(18(16)4-3-17(14)28(37)38)33-27(36)22-11-21(32-25-19(29)13-31-34(22)25)26(35)30-12-15-2-7-23-24(10-15)40-9-8-39-23/h2-4,7,10-11,13,20H,5-6,8-9,12H2,1H3,(H,30,35)(H,33,36)(H,37,38)/t20-/m0/s1. The Morgan fingerprint density at radius 2 is 1.90 bits per heavy atom. The lowest BCUT2D eigenvalue weighted by Gasteiger charge is -2.19. The second kappa shape index (κ2) is 9.95. The SMILES string of the molecule is Cc1c(C(=O)O)ccc2c1CC[C@@H]2NC(=O)c1cc(C(=O)NCc2ccc3c(c2)OCCO3)nc2c(F)cnn12. The Hall–Kier alpha value is -5.00. The van der Waals surface area contributed by atoms with Gasteiger partial charge in [0.05, 0.1) is 17.8 Å². The largest absolute Gasteiger partial charge is 0.486 e. The van der Waals surface area contributed by atoms with E-state index in [-0.39, 0.29) is 35.2 Å². The third-order valence-electron chi connectivity index (χ3n) is 7.18. The highest BCUT2D eigenvalue weighted by Crippen LogP contribution is 2.35. The highest BCUT2D eigenvalue weighted by molar-refractivity contribution is 5.98. The van der Waals surface area contributed by atoms with Gasteiger partial charge in [0.15, 0.2) is 23.0 Å². The average molecular weight is 546 g/mol. The quantitative estimate of drug-likeness (QED) is 0.336. The molecule has 1 aliphatic heterocycles. The van der Waals surface area contributed by atoms with Crippen molar-refractivity contribution in [2.75, 3.05) is 13.2 Å². The summed E-state index contributed by atoms with van der Waals surface area (Å²) in [6.07, 6.45) is 2.09. The van der Waals surface area contributed by atoms with E-state index in [1.54, 1.807) is 31.2 Å². The van der Waals surface area contributed by atoms with E-state index in [1.165, 1.54) is 12.1 Å². The summed E-state index contributed by atoms with van der Waals surface area (Å²) >= 11 is 0. The van der Waals surface area contributed by atoms with Crippen LogP contribution in [-0.2, 0) is 13.0 Å². The molecule has 0 saturated carbocycles. The van der Waals surface area contributed by atoms with E-state index in [0.717, 1.165) is 27.4 Å². The number of hydrogen-bond acceptors (Lipinski definition) is 7. The molecule has 6 rings (SSSR count). The Kier molecular flexibility index (Phi) is 6.29. The number of carbonyl (C=O) groups is 3. The van der Waals surface area contributed by atoms with Gasteiger partial charge in [0, 0.05) is 12.6 Å².